The lowest BCUT2D eigenvalue weighted by molar-refractivity contribution is -0.145. The molecule has 250 valence electrons. The molecule has 1 spiro atoms. The fourth-order valence-electron chi connectivity index (χ4n) is 8.44. The van der Waals surface area contributed by atoms with Gasteiger partial charge >= 0.3 is 6.09 Å². The minimum atomic E-state index is -1.05. The van der Waals surface area contributed by atoms with Crippen LogP contribution in [0.25, 0.3) is 0 Å². The molecule has 4 fully saturated rings. The van der Waals surface area contributed by atoms with E-state index < -0.39 is 12.1 Å². The van der Waals surface area contributed by atoms with Gasteiger partial charge in [0.05, 0.1) is 19.1 Å². The summed E-state index contributed by atoms with van der Waals surface area (Å²) in [5, 5.41) is 18.5. The molecule has 10 heteroatoms. The Labute approximate surface area is 277 Å². The molecule has 0 bridgehead atoms. The Morgan fingerprint density at radius 3 is 2.43 bits per heavy atom. The van der Waals surface area contributed by atoms with Crippen molar-refractivity contribution in [3.63, 3.8) is 0 Å². The number of carbonyl (C=O) groups excluding carboxylic acids is 2. The smallest absolute Gasteiger partial charge is 0.407 e. The summed E-state index contributed by atoms with van der Waals surface area (Å²) in [6, 6.07) is 13.7. The molecular formula is C36H51N5O4S. The molecule has 3 amide bonds. The first-order valence-electron chi connectivity index (χ1n) is 17.5. The van der Waals surface area contributed by atoms with Crippen LogP contribution in [-0.4, -0.2) is 88.6 Å². The Hall–Kier alpha value is -2.95. The second kappa shape index (κ2) is 15.3. The standard InChI is InChI=1S/C36H51N5O4S/c42-33(37-23-30-12-7-21-46-30)32-25-40(35(44)45)19-20-41(32)34(43)31(22-27-8-3-1-4-9-27)38-29-13-15-36(16-14-29)17-18-39(26-36)24-28-10-5-2-6-11-28/h2,5-7,10-12,21,27,29,31-32,38H,1,3-4,8-9,13-20,22-26H2,(H,37,42)(H,44,45)/t29?,31-,32+,36?/m1/s1. The van der Waals surface area contributed by atoms with Crippen LogP contribution in [0, 0.1) is 11.3 Å². The Bertz CT molecular complexity index is 1290. The van der Waals surface area contributed by atoms with E-state index in [-0.39, 0.29) is 43.5 Å². The van der Waals surface area contributed by atoms with Gasteiger partial charge in [-0.25, -0.2) is 4.79 Å². The lowest BCUT2D eigenvalue weighted by Crippen LogP contribution is -2.64. The minimum absolute atomic E-state index is 0.00107. The number of hydrogen-bond donors (Lipinski definition) is 3. The number of carboxylic acid groups (broad SMARTS) is 1. The van der Waals surface area contributed by atoms with Crippen molar-refractivity contribution in [2.24, 2.45) is 11.3 Å². The summed E-state index contributed by atoms with van der Waals surface area (Å²) in [7, 11) is 0. The summed E-state index contributed by atoms with van der Waals surface area (Å²) in [4.78, 5) is 46.5. The van der Waals surface area contributed by atoms with Crippen molar-refractivity contribution in [3.05, 3.63) is 58.3 Å². The average molecular weight is 650 g/mol. The summed E-state index contributed by atoms with van der Waals surface area (Å²) >= 11 is 1.56. The molecular weight excluding hydrogens is 598 g/mol. The first-order chi connectivity index (χ1) is 22.4. The number of rotatable bonds is 10. The van der Waals surface area contributed by atoms with Crippen molar-refractivity contribution in [1.82, 2.24) is 25.3 Å². The molecule has 0 radical (unpaired) electrons. The van der Waals surface area contributed by atoms with Crippen LogP contribution in [0.2, 0.25) is 0 Å². The number of thiophene rings is 1. The van der Waals surface area contributed by atoms with Crippen LogP contribution in [0.15, 0.2) is 47.8 Å². The van der Waals surface area contributed by atoms with Gasteiger partial charge in [-0.3, -0.25) is 14.5 Å². The van der Waals surface area contributed by atoms with E-state index in [9.17, 15) is 19.5 Å². The largest absolute Gasteiger partial charge is 0.465 e. The number of piperazine rings is 1. The molecule has 2 aliphatic heterocycles. The highest BCUT2D eigenvalue weighted by Crippen LogP contribution is 2.44. The third-order valence-electron chi connectivity index (χ3n) is 11.1. The van der Waals surface area contributed by atoms with Crippen molar-refractivity contribution >= 4 is 29.2 Å². The molecule has 2 saturated carbocycles. The van der Waals surface area contributed by atoms with Crippen molar-refractivity contribution in [1.29, 1.82) is 0 Å². The topological polar surface area (TPSA) is 105 Å². The molecule has 46 heavy (non-hydrogen) atoms. The maximum Gasteiger partial charge on any atom is 0.407 e. The van der Waals surface area contributed by atoms with Crippen LogP contribution >= 0.6 is 11.3 Å². The van der Waals surface area contributed by atoms with Crippen LogP contribution in [0.4, 0.5) is 4.79 Å². The van der Waals surface area contributed by atoms with Gasteiger partial charge in [-0.15, -0.1) is 11.3 Å². The van der Waals surface area contributed by atoms with Crippen LogP contribution < -0.4 is 10.6 Å². The van der Waals surface area contributed by atoms with E-state index in [1.807, 2.05) is 17.5 Å². The van der Waals surface area contributed by atoms with E-state index in [0.29, 0.717) is 17.9 Å². The molecule has 6 rings (SSSR count). The van der Waals surface area contributed by atoms with Gasteiger partial charge in [0.15, 0.2) is 0 Å². The molecule has 3 heterocycles. The highest BCUT2D eigenvalue weighted by molar-refractivity contribution is 7.09. The first kappa shape index (κ1) is 33.0. The maximum absolute atomic E-state index is 14.4. The Morgan fingerprint density at radius 1 is 0.935 bits per heavy atom. The number of likely N-dealkylation sites (tertiary alicyclic amines) is 1. The maximum atomic E-state index is 14.4. The fraction of sp³-hybridized carbons (Fsp3) is 0.639. The molecule has 9 nitrogen and oxygen atoms in total. The first-order valence-corrected chi connectivity index (χ1v) is 18.4. The van der Waals surface area contributed by atoms with Gasteiger partial charge in [-0.2, -0.15) is 0 Å². The highest BCUT2D eigenvalue weighted by atomic mass is 32.1. The quantitative estimate of drug-likeness (QED) is 0.322. The molecule has 2 atom stereocenters. The van der Waals surface area contributed by atoms with E-state index in [1.54, 1.807) is 16.2 Å². The molecule has 3 N–H and O–H groups in total. The molecule has 4 aliphatic rings. The Balaban J connectivity index is 1.11. The van der Waals surface area contributed by atoms with Gasteiger partial charge in [0.1, 0.15) is 6.04 Å². The summed E-state index contributed by atoms with van der Waals surface area (Å²) < 4.78 is 0. The zero-order valence-electron chi connectivity index (χ0n) is 27.1. The number of amides is 3. The van der Waals surface area contributed by atoms with Crippen molar-refractivity contribution < 1.29 is 19.5 Å². The lowest BCUT2D eigenvalue weighted by Gasteiger charge is -2.43. The average Bonchev–Trinajstić information content (AvgIpc) is 3.75. The summed E-state index contributed by atoms with van der Waals surface area (Å²) in [5.74, 6) is 0.171. The normalized spacial score (nSPS) is 26.7. The summed E-state index contributed by atoms with van der Waals surface area (Å²) in [5.41, 5.74) is 1.75. The molecule has 0 unspecified atom stereocenters. The zero-order valence-corrected chi connectivity index (χ0v) is 27.9. The van der Waals surface area contributed by atoms with E-state index in [1.165, 1.54) is 49.0 Å². The van der Waals surface area contributed by atoms with Gasteiger partial charge in [0, 0.05) is 37.1 Å². The van der Waals surface area contributed by atoms with Gasteiger partial charge < -0.3 is 25.5 Å². The number of nitrogens with zero attached hydrogens (tertiary/aromatic N) is 3. The van der Waals surface area contributed by atoms with Crippen molar-refractivity contribution in [2.45, 2.75) is 102 Å². The third-order valence-corrected chi connectivity index (χ3v) is 12.0. The molecule has 1 aromatic heterocycles. The number of hydrogen-bond acceptors (Lipinski definition) is 6. The predicted molar refractivity (Wildman–Crippen MR) is 180 cm³/mol. The van der Waals surface area contributed by atoms with Crippen LogP contribution in [0.1, 0.15) is 81.1 Å². The van der Waals surface area contributed by atoms with Crippen LogP contribution in [0.5, 0.6) is 0 Å². The lowest BCUT2D eigenvalue weighted by atomic mass is 9.71. The van der Waals surface area contributed by atoms with Gasteiger partial charge in [0.2, 0.25) is 11.8 Å². The van der Waals surface area contributed by atoms with E-state index in [0.717, 1.165) is 56.6 Å². The summed E-state index contributed by atoms with van der Waals surface area (Å²) in [6.07, 6.45) is 11.4. The van der Waals surface area contributed by atoms with E-state index >= 15 is 0 Å². The molecule has 2 saturated heterocycles. The van der Waals surface area contributed by atoms with Gasteiger partial charge in [-0.1, -0.05) is 68.5 Å². The molecule has 2 aromatic rings. The number of nitrogens with one attached hydrogen (secondary N) is 2. The number of carbonyl (C=O) groups is 3. The predicted octanol–water partition coefficient (Wildman–Crippen LogP) is 5.32. The molecule has 1 aromatic carbocycles. The third kappa shape index (κ3) is 8.30. The Morgan fingerprint density at radius 2 is 1.72 bits per heavy atom. The number of benzene rings is 1. The van der Waals surface area contributed by atoms with Gasteiger partial charge in [-0.05, 0) is 73.4 Å². The SMILES string of the molecule is O=C(NCc1cccs1)[C@@H]1CN(C(=O)O)CCN1C(=O)[C@@H](CC1CCCCC1)NC1CCC2(CC1)CCN(Cc1ccccc1)C2. The van der Waals surface area contributed by atoms with E-state index in [2.05, 4.69) is 45.9 Å². The van der Waals surface area contributed by atoms with Crippen molar-refractivity contribution in [2.75, 3.05) is 32.7 Å². The molecule has 2 aliphatic carbocycles. The fourth-order valence-corrected chi connectivity index (χ4v) is 9.08. The highest BCUT2D eigenvalue weighted by Gasteiger charge is 2.43. The van der Waals surface area contributed by atoms with E-state index in [4.69, 9.17) is 0 Å². The minimum Gasteiger partial charge on any atom is -0.465 e. The second-order valence-electron chi connectivity index (χ2n) is 14.3. The second-order valence-corrected chi connectivity index (χ2v) is 15.3. The zero-order chi connectivity index (χ0) is 31.9. The van der Waals surface area contributed by atoms with Crippen LogP contribution in [0.3, 0.4) is 0 Å². The van der Waals surface area contributed by atoms with Crippen molar-refractivity contribution in [3.8, 4) is 0 Å². The van der Waals surface area contributed by atoms with Gasteiger partial charge in [0.25, 0.3) is 0 Å². The monoisotopic (exact) mass is 649 g/mol. The van der Waals surface area contributed by atoms with Crippen LogP contribution in [-0.2, 0) is 22.7 Å². The summed E-state index contributed by atoms with van der Waals surface area (Å²) in [6.45, 7) is 4.13. The Kier molecular flexibility index (Phi) is 11.0.